The lowest BCUT2D eigenvalue weighted by atomic mass is 10.2. The molecule has 0 radical (unpaired) electrons. The SMILES string of the molecule is CCN(CC)C(=O)CCCC(=O)NNC(=O)c1ccccc1NS(=O)(=O)c1cccs1. The molecule has 11 heteroatoms. The van der Waals surface area contributed by atoms with Gasteiger partial charge in [0.1, 0.15) is 4.21 Å². The molecule has 0 saturated carbocycles. The lowest BCUT2D eigenvalue weighted by molar-refractivity contribution is -0.131. The predicted molar refractivity (Wildman–Crippen MR) is 119 cm³/mol. The fourth-order valence-corrected chi connectivity index (χ4v) is 4.85. The summed E-state index contributed by atoms with van der Waals surface area (Å²) in [5, 5.41) is 1.64. The van der Waals surface area contributed by atoms with Gasteiger partial charge in [0, 0.05) is 25.9 Å². The highest BCUT2D eigenvalue weighted by Gasteiger charge is 2.19. The van der Waals surface area contributed by atoms with Gasteiger partial charge in [0.2, 0.25) is 11.8 Å². The Labute approximate surface area is 185 Å². The van der Waals surface area contributed by atoms with Gasteiger partial charge in [-0.1, -0.05) is 18.2 Å². The monoisotopic (exact) mass is 466 g/mol. The standard InChI is InChI=1S/C20H26N4O5S2/c1-3-24(4-2)18(26)12-7-11-17(25)21-22-20(27)15-9-5-6-10-16(15)23-31(28,29)19-13-8-14-30-19/h5-6,8-10,13-14,23H,3-4,7,11-12H2,1-2H3,(H,21,25)(H,22,27). The van der Waals surface area contributed by atoms with Gasteiger partial charge in [0.15, 0.2) is 0 Å². The first-order valence-corrected chi connectivity index (χ1v) is 12.2. The molecular weight excluding hydrogens is 440 g/mol. The minimum absolute atomic E-state index is 0.0196. The van der Waals surface area contributed by atoms with E-state index in [1.165, 1.54) is 18.2 Å². The average Bonchev–Trinajstić information content (AvgIpc) is 3.29. The largest absolute Gasteiger partial charge is 0.343 e. The van der Waals surface area contributed by atoms with Crippen molar-refractivity contribution in [2.75, 3.05) is 17.8 Å². The van der Waals surface area contributed by atoms with E-state index in [0.717, 1.165) is 11.3 Å². The van der Waals surface area contributed by atoms with Crippen molar-refractivity contribution in [3.63, 3.8) is 0 Å². The number of nitrogens with zero attached hydrogens (tertiary/aromatic N) is 1. The average molecular weight is 467 g/mol. The van der Waals surface area contributed by atoms with Crippen LogP contribution in [0.1, 0.15) is 43.5 Å². The molecule has 1 aromatic heterocycles. The number of hydrazine groups is 1. The molecule has 0 aliphatic heterocycles. The molecule has 0 atom stereocenters. The Bertz CT molecular complexity index is 1000. The maximum absolute atomic E-state index is 12.5. The van der Waals surface area contributed by atoms with Crippen LogP contribution in [0.4, 0.5) is 5.69 Å². The van der Waals surface area contributed by atoms with E-state index < -0.39 is 21.8 Å². The summed E-state index contributed by atoms with van der Waals surface area (Å²) in [4.78, 5) is 38.1. The van der Waals surface area contributed by atoms with Gasteiger partial charge in [-0.05, 0) is 43.8 Å². The molecule has 3 amide bonds. The van der Waals surface area contributed by atoms with Gasteiger partial charge in [-0.15, -0.1) is 11.3 Å². The van der Waals surface area contributed by atoms with Crippen molar-refractivity contribution in [1.29, 1.82) is 0 Å². The van der Waals surface area contributed by atoms with Gasteiger partial charge in [-0.25, -0.2) is 8.42 Å². The van der Waals surface area contributed by atoms with Crippen LogP contribution < -0.4 is 15.6 Å². The molecule has 0 spiro atoms. The quantitative estimate of drug-likeness (QED) is 0.464. The van der Waals surface area contributed by atoms with E-state index in [2.05, 4.69) is 15.6 Å². The van der Waals surface area contributed by atoms with E-state index in [-0.39, 0.29) is 34.2 Å². The van der Waals surface area contributed by atoms with E-state index in [9.17, 15) is 22.8 Å². The zero-order chi connectivity index (χ0) is 22.9. The third kappa shape index (κ3) is 7.07. The Morgan fingerprint density at radius 3 is 2.32 bits per heavy atom. The summed E-state index contributed by atoms with van der Waals surface area (Å²) in [6, 6.07) is 9.15. The summed E-state index contributed by atoms with van der Waals surface area (Å²) < 4.78 is 27.4. The fraction of sp³-hybridized carbons (Fsp3) is 0.350. The molecule has 9 nitrogen and oxygen atoms in total. The summed E-state index contributed by atoms with van der Waals surface area (Å²) in [7, 11) is -3.82. The summed E-state index contributed by atoms with van der Waals surface area (Å²) in [5.41, 5.74) is 4.71. The molecule has 0 unspecified atom stereocenters. The van der Waals surface area contributed by atoms with Crippen molar-refractivity contribution < 1.29 is 22.8 Å². The number of hydrogen-bond donors (Lipinski definition) is 3. The summed E-state index contributed by atoms with van der Waals surface area (Å²) in [5.74, 6) is -1.14. The second kappa shape index (κ2) is 11.5. The molecular formula is C20H26N4O5S2. The summed E-state index contributed by atoms with van der Waals surface area (Å²) in [6.45, 7) is 5.02. The van der Waals surface area contributed by atoms with Crippen LogP contribution in [-0.4, -0.2) is 44.1 Å². The first-order chi connectivity index (χ1) is 14.8. The number of carbonyl (C=O) groups is 3. The summed E-state index contributed by atoms with van der Waals surface area (Å²) in [6.07, 6.45) is 0.671. The maximum atomic E-state index is 12.5. The molecule has 3 N–H and O–H groups in total. The van der Waals surface area contributed by atoms with Gasteiger partial charge in [0.05, 0.1) is 11.3 Å². The van der Waals surface area contributed by atoms with Crippen molar-refractivity contribution in [3.8, 4) is 0 Å². The van der Waals surface area contributed by atoms with Gasteiger partial charge >= 0.3 is 0 Å². The van der Waals surface area contributed by atoms with Gasteiger partial charge in [0.25, 0.3) is 15.9 Å². The third-order valence-corrected chi connectivity index (χ3v) is 7.16. The number of benzene rings is 1. The first kappa shape index (κ1) is 24.4. The maximum Gasteiger partial charge on any atom is 0.271 e. The molecule has 31 heavy (non-hydrogen) atoms. The second-order valence-corrected chi connectivity index (χ2v) is 9.36. The Morgan fingerprint density at radius 1 is 0.968 bits per heavy atom. The van der Waals surface area contributed by atoms with Crippen LogP contribution in [0.15, 0.2) is 46.0 Å². The number of nitrogens with one attached hydrogen (secondary N) is 3. The molecule has 0 aliphatic carbocycles. The van der Waals surface area contributed by atoms with Crippen molar-refractivity contribution >= 4 is 44.8 Å². The lowest BCUT2D eigenvalue weighted by Crippen LogP contribution is -2.42. The van der Waals surface area contributed by atoms with Crippen LogP contribution in [0.5, 0.6) is 0 Å². The Balaban J connectivity index is 1.90. The number of anilines is 1. The normalized spacial score (nSPS) is 10.9. The molecule has 2 aromatic rings. The first-order valence-electron chi connectivity index (χ1n) is 9.80. The van der Waals surface area contributed by atoms with Gasteiger partial charge < -0.3 is 4.90 Å². The van der Waals surface area contributed by atoms with Crippen molar-refractivity contribution in [3.05, 3.63) is 47.3 Å². The highest BCUT2D eigenvalue weighted by atomic mass is 32.2. The number of amides is 3. The number of thiophene rings is 1. The third-order valence-electron chi connectivity index (χ3n) is 4.40. The molecule has 1 aromatic carbocycles. The second-order valence-electron chi connectivity index (χ2n) is 6.51. The molecule has 0 aliphatic rings. The fourth-order valence-electron chi connectivity index (χ4n) is 2.77. The molecule has 0 bridgehead atoms. The van der Waals surface area contributed by atoms with Crippen LogP contribution in [0, 0.1) is 0 Å². The van der Waals surface area contributed by atoms with Crippen LogP contribution >= 0.6 is 11.3 Å². The van der Waals surface area contributed by atoms with Crippen LogP contribution in [0.2, 0.25) is 0 Å². The number of para-hydroxylation sites is 1. The Hall–Kier alpha value is -2.92. The molecule has 0 fully saturated rings. The number of sulfonamides is 1. The van der Waals surface area contributed by atoms with Crippen molar-refractivity contribution in [1.82, 2.24) is 15.8 Å². The molecule has 168 valence electrons. The van der Waals surface area contributed by atoms with Crippen molar-refractivity contribution in [2.24, 2.45) is 0 Å². The molecule has 2 rings (SSSR count). The molecule has 0 saturated heterocycles. The van der Waals surface area contributed by atoms with Gasteiger partial charge in [-0.2, -0.15) is 0 Å². The molecule has 1 heterocycles. The van der Waals surface area contributed by atoms with Gasteiger partial charge in [-0.3, -0.25) is 30.0 Å². The summed E-state index contributed by atoms with van der Waals surface area (Å²) >= 11 is 1.06. The van der Waals surface area contributed by atoms with Crippen LogP contribution in [0.3, 0.4) is 0 Å². The lowest BCUT2D eigenvalue weighted by Gasteiger charge is -2.18. The predicted octanol–water partition coefficient (Wildman–Crippen LogP) is 2.35. The van der Waals surface area contributed by atoms with E-state index in [4.69, 9.17) is 0 Å². The van der Waals surface area contributed by atoms with E-state index in [0.29, 0.717) is 19.5 Å². The van der Waals surface area contributed by atoms with E-state index in [1.807, 2.05) is 13.8 Å². The number of rotatable bonds is 10. The minimum Gasteiger partial charge on any atom is -0.343 e. The zero-order valence-electron chi connectivity index (χ0n) is 17.4. The number of carbonyl (C=O) groups excluding carboxylic acids is 3. The topological polar surface area (TPSA) is 125 Å². The minimum atomic E-state index is -3.82. The van der Waals surface area contributed by atoms with Crippen LogP contribution in [0.25, 0.3) is 0 Å². The van der Waals surface area contributed by atoms with E-state index >= 15 is 0 Å². The van der Waals surface area contributed by atoms with E-state index in [1.54, 1.807) is 28.5 Å². The van der Waals surface area contributed by atoms with Crippen molar-refractivity contribution in [2.45, 2.75) is 37.3 Å². The smallest absolute Gasteiger partial charge is 0.271 e. The highest BCUT2D eigenvalue weighted by molar-refractivity contribution is 7.94. The Kier molecular flexibility index (Phi) is 9.01. The van der Waals surface area contributed by atoms with Crippen LogP contribution in [-0.2, 0) is 19.6 Å². The Morgan fingerprint density at radius 2 is 1.68 bits per heavy atom. The zero-order valence-corrected chi connectivity index (χ0v) is 19.0. The highest BCUT2D eigenvalue weighted by Crippen LogP contribution is 2.22. The number of hydrogen-bond acceptors (Lipinski definition) is 6.